The lowest BCUT2D eigenvalue weighted by atomic mass is 10.1. The number of fused-ring (bicyclic) bond motifs is 1. The number of carbonyl (C=O) groups is 2. The van der Waals surface area contributed by atoms with Gasteiger partial charge in [0, 0.05) is 5.69 Å². The molecule has 5 nitrogen and oxygen atoms in total. The number of halogens is 1. The van der Waals surface area contributed by atoms with Crippen LogP contribution in [0.4, 0.5) is 11.4 Å². The fraction of sp³-hybridized carbons (Fsp3) is 0.385. The van der Waals surface area contributed by atoms with Gasteiger partial charge in [-0.15, -0.1) is 0 Å². The third-order valence-corrected chi connectivity index (χ3v) is 3.77. The average molecular weight is 280 g/mol. The first-order valence-electron chi connectivity index (χ1n) is 6.30. The molecule has 0 spiro atoms. The van der Waals surface area contributed by atoms with E-state index in [0.717, 1.165) is 30.6 Å². The van der Waals surface area contributed by atoms with E-state index in [1.807, 2.05) is 0 Å². The Morgan fingerprint density at radius 3 is 3.00 bits per heavy atom. The highest BCUT2D eigenvalue weighted by Crippen LogP contribution is 2.33. The second kappa shape index (κ2) is 4.83. The van der Waals surface area contributed by atoms with Crippen molar-refractivity contribution in [2.75, 3.05) is 17.2 Å². The van der Waals surface area contributed by atoms with Gasteiger partial charge < -0.3 is 16.0 Å². The number of hydrogen-bond acceptors (Lipinski definition) is 3. The maximum absolute atomic E-state index is 12.0. The van der Waals surface area contributed by atoms with E-state index in [1.165, 1.54) is 0 Å². The molecule has 3 N–H and O–H groups in total. The molecular weight excluding hydrogens is 266 g/mol. The third kappa shape index (κ3) is 2.43. The SMILES string of the molecule is O=C1Cc2cc(NC(=O)C3CCCN3)c(Cl)cc2N1. The summed E-state index contributed by atoms with van der Waals surface area (Å²) in [5.74, 6) is -0.122. The van der Waals surface area contributed by atoms with Crippen molar-refractivity contribution in [2.24, 2.45) is 0 Å². The summed E-state index contributed by atoms with van der Waals surface area (Å²) in [4.78, 5) is 23.3. The van der Waals surface area contributed by atoms with E-state index >= 15 is 0 Å². The summed E-state index contributed by atoms with van der Waals surface area (Å²) in [6, 6.07) is 3.30. The van der Waals surface area contributed by atoms with Gasteiger partial charge in [0.2, 0.25) is 11.8 Å². The molecule has 1 aromatic carbocycles. The highest BCUT2D eigenvalue weighted by molar-refractivity contribution is 6.34. The molecule has 3 rings (SSSR count). The van der Waals surface area contributed by atoms with Crippen molar-refractivity contribution >= 4 is 34.8 Å². The minimum atomic E-state index is -0.149. The molecule has 1 saturated heterocycles. The molecule has 2 aliphatic heterocycles. The number of carbonyl (C=O) groups excluding carboxylic acids is 2. The van der Waals surface area contributed by atoms with Crippen LogP contribution in [0, 0.1) is 0 Å². The Morgan fingerprint density at radius 1 is 1.42 bits per heavy atom. The van der Waals surface area contributed by atoms with Crippen LogP contribution in [0.1, 0.15) is 18.4 Å². The number of nitrogens with one attached hydrogen (secondary N) is 3. The van der Waals surface area contributed by atoms with Crippen molar-refractivity contribution in [2.45, 2.75) is 25.3 Å². The fourth-order valence-corrected chi connectivity index (χ4v) is 2.68. The molecule has 19 heavy (non-hydrogen) atoms. The Morgan fingerprint density at radius 2 is 2.26 bits per heavy atom. The zero-order valence-corrected chi connectivity index (χ0v) is 11.0. The molecule has 100 valence electrons. The number of hydrogen-bond donors (Lipinski definition) is 3. The summed E-state index contributed by atoms with van der Waals surface area (Å²) in [5.41, 5.74) is 2.16. The van der Waals surface area contributed by atoms with E-state index in [1.54, 1.807) is 12.1 Å². The molecule has 0 aromatic heterocycles. The van der Waals surface area contributed by atoms with Crippen molar-refractivity contribution in [3.63, 3.8) is 0 Å². The monoisotopic (exact) mass is 279 g/mol. The second-order valence-electron chi connectivity index (χ2n) is 4.85. The van der Waals surface area contributed by atoms with Crippen molar-refractivity contribution in [1.82, 2.24) is 5.32 Å². The van der Waals surface area contributed by atoms with Crippen LogP contribution in [-0.2, 0) is 16.0 Å². The lowest BCUT2D eigenvalue weighted by Crippen LogP contribution is -2.35. The summed E-state index contributed by atoms with van der Waals surface area (Å²) in [7, 11) is 0. The van der Waals surface area contributed by atoms with Crippen LogP contribution in [0.25, 0.3) is 0 Å². The minimum Gasteiger partial charge on any atom is -0.325 e. The van der Waals surface area contributed by atoms with Crippen LogP contribution in [0.5, 0.6) is 0 Å². The quantitative estimate of drug-likeness (QED) is 0.769. The van der Waals surface area contributed by atoms with Crippen LogP contribution in [0.2, 0.25) is 5.02 Å². The van der Waals surface area contributed by atoms with E-state index in [4.69, 9.17) is 11.6 Å². The van der Waals surface area contributed by atoms with Gasteiger partial charge in [-0.3, -0.25) is 9.59 Å². The molecule has 2 heterocycles. The molecular formula is C13H14ClN3O2. The van der Waals surface area contributed by atoms with Gasteiger partial charge in [0.1, 0.15) is 0 Å². The van der Waals surface area contributed by atoms with E-state index in [2.05, 4.69) is 16.0 Å². The van der Waals surface area contributed by atoms with Gasteiger partial charge in [0.15, 0.2) is 0 Å². The van der Waals surface area contributed by atoms with Gasteiger partial charge >= 0.3 is 0 Å². The Labute approximate surface area is 115 Å². The molecule has 1 fully saturated rings. The van der Waals surface area contributed by atoms with E-state index in [9.17, 15) is 9.59 Å². The maximum Gasteiger partial charge on any atom is 0.241 e. The van der Waals surface area contributed by atoms with Gasteiger partial charge in [-0.1, -0.05) is 11.6 Å². The standard InChI is InChI=1S/C13H14ClN3O2/c14-8-6-10-7(5-12(18)16-10)4-11(8)17-13(19)9-2-1-3-15-9/h4,6,9,15H,1-3,5H2,(H,16,18)(H,17,19). The predicted octanol–water partition coefficient (Wildman–Crippen LogP) is 1.53. The Hall–Kier alpha value is -1.59. The maximum atomic E-state index is 12.0. The fourth-order valence-electron chi connectivity index (χ4n) is 2.47. The zero-order chi connectivity index (χ0) is 13.4. The van der Waals surface area contributed by atoms with E-state index in [-0.39, 0.29) is 17.9 Å². The molecule has 0 radical (unpaired) electrons. The smallest absolute Gasteiger partial charge is 0.241 e. The number of amides is 2. The van der Waals surface area contributed by atoms with Crippen molar-refractivity contribution in [1.29, 1.82) is 0 Å². The predicted molar refractivity (Wildman–Crippen MR) is 73.4 cm³/mol. The number of rotatable bonds is 2. The largest absolute Gasteiger partial charge is 0.325 e. The first-order valence-corrected chi connectivity index (χ1v) is 6.68. The lowest BCUT2D eigenvalue weighted by Gasteiger charge is -2.13. The highest BCUT2D eigenvalue weighted by Gasteiger charge is 2.24. The average Bonchev–Trinajstić information content (AvgIpc) is 2.97. The van der Waals surface area contributed by atoms with Crippen molar-refractivity contribution in [3.05, 3.63) is 22.7 Å². The van der Waals surface area contributed by atoms with Gasteiger partial charge in [0.05, 0.1) is 23.2 Å². The highest BCUT2D eigenvalue weighted by atomic mass is 35.5. The third-order valence-electron chi connectivity index (χ3n) is 3.45. The van der Waals surface area contributed by atoms with Crippen LogP contribution >= 0.6 is 11.6 Å². The van der Waals surface area contributed by atoms with E-state index in [0.29, 0.717) is 17.1 Å². The van der Waals surface area contributed by atoms with Crippen molar-refractivity contribution < 1.29 is 9.59 Å². The van der Waals surface area contributed by atoms with Gasteiger partial charge in [-0.05, 0) is 37.1 Å². The second-order valence-corrected chi connectivity index (χ2v) is 5.26. The Balaban J connectivity index is 1.79. The molecule has 6 heteroatoms. The van der Waals surface area contributed by atoms with Gasteiger partial charge in [-0.2, -0.15) is 0 Å². The molecule has 0 aliphatic carbocycles. The van der Waals surface area contributed by atoms with E-state index < -0.39 is 0 Å². The molecule has 0 saturated carbocycles. The Kier molecular flexibility index (Phi) is 3.16. The molecule has 2 aliphatic rings. The first-order chi connectivity index (χ1) is 9.13. The van der Waals surface area contributed by atoms with Crippen molar-refractivity contribution in [3.8, 4) is 0 Å². The molecule has 1 unspecified atom stereocenters. The molecule has 2 amide bonds. The Bertz CT molecular complexity index is 553. The topological polar surface area (TPSA) is 70.2 Å². The number of anilines is 2. The molecule has 1 atom stereocenters. The van der Waals surface area contributed by atoms with Gasteiger partial charge in [-0.25, -0.2) is 0 Å². The van der Waals surface area contributed by atoms with Crippen LogP contribution in [0.15, 0.2) is 12.1 Å². The van der Waals surface area contributed by atoms with Crippen LogP contribution < -0.4 is 16.0 Å². The first kappa shape index (κ1) is 12.4. The zero-order valence-electron chi connectivity index (χ0n) is 10.3. The normalized spacial score (nSPS) is 21.1. The summed E-state index contributed by atoms with van der Waals surface area (Å²) in [6.07, 6.45) is 2.18. The lowest BCUT2D eigenvalue weighted by molar-refractivity contribution is -0.118. The van der Waals surface area contributed by atoms with Gasteiger partial charge in [0.25, 0.3) is 0 Å². The number of benzene rings is 1. The summed E-state index contributed by atoms with van der Waals surface area (Å²) in [5, 5.41) is 9.12. The van der Waals surface area contributed by atoms with Crippen LogP contribution in [-0.4, -0.2) is 24.4 Å². The summed E-state index contributed by atoms with van der Waals surface area (Å²) in [6.45, 7) is 0.869. The van der Waals surface area contributed by atoms with Crippen LogP contribution in [0.3, 0.4) is 0 Å². The molecule has 0 bridgehead atoms. The summed E-state index contributed by atoms with van der Waals surface area (Å²) < 4.78 is 0. The summed E-state index contributed by atoms with van der Waals surface area (Å²) >= 11 is 6.12. The molecule has 1 aromatic rings. The minimum absolute atomic E-state index is 0.0491.